The number of ether oxygens (including phenoxy) is 1. The van der Waals surface area contributed by atoms with Crippen LogP contribution >= 0.6 is 0 Å². The summed E-state index contributed by atoms with van der Waals surface area (Å²) >= 11 is 0. The third kappa shape index (κ3) is 3.19. The molecule has 6 nitrogen and oxygen atoms in total. The van der Waals surface area contributed by atoms with E-state index in [9.17, 15) is 9.59 Å². The Kier molecular flexibility index (Phi) is 5.47. The fourth-order valence-electron chi connectivity index (χ4n) is 5.77. The van der Waals surface area contributed by atoms with E-state index in [-0.39, 0.29) is 41.0 Å². The van der Waals surface area contributed by atoms with E-state index in [2.05, 4.69) is 20.8 Å². The Labute approximate surface area is 173 Å². The van der Waals surface area contributed by atoms with Crippen molar-refractivity contribution in [1.82, 2.24) is 0 Å². The van der Waals surface area contributed by atoms with E-state index in [1.165, 1.54) is 0 Å². The van der Waals surface area contributed by atoms with E-state index < -0.39 is 6.69 Å². The zero-order chi connectivity index (χ0) is 20.6. The van der Waals surface area contributed by atoms with Crippen molar-refractivity contribution in [3.63, 3.8) is 0 Å². The predicted molar refractivity (Wildman–Crippen MR) is 110 cm³/mol. The molecule has 2 saturated heterocycles. The number of quaternary nitrogens is 1. The van der Waals surface area contributed by atoms with Crippen LogP contribution in [0, 0.1) is 5.92 Å². The molecule has 1 amide bonds. The van der Waals surface area contributed by atoms with Gasteiger partial charge in [0.1, 0.15) is 12.6 Å². The van der Waals surface area contributed by atoms with E-state index in [4.69, 9.17) is 14.0 Å². The zero-order valence-corrected chi connectivity index (χ0v) is 17.7. The van der Waals surface area contributed by atoms with Gasteiger partial charge in [-0.05, 0) is 36.6 Å². The average Bonchev–Trinajstić information content (AvgIpc) is 3.27. The Hall–Kier alpha value is -1.86. The molecule has 3 aliphatic rings. The fourth-order valence-corrected chi connectivity index (χ4v) is 5.77. The molecule has 0 radical (unpaired) electrons. The second kappa shape index (κ2) is 7.76. The maximum absolute atomic E-state index is 12.9. The molecule has 158 valence electrons. The Morgan fingerprint density at radius 2 is 1.93 bits per heavy atom. The first kappa shape index (κ1) is 20.4. The molecule has 0 spiro atoms. The van der Waals surface area contributed by atoms with Crippen molar-refractivity contribution in [2.45, 2.75) is 77.4 Å². The van der Waals surface area contributed by atoms with Crippen molar-refractivity contribution >= 4 is 18.7 Å². The van der Waals surface area contributed by atoms with Crippen molar-refractivity contribution in [1.29, 1.82) is 0 Å². The zero-order valence-electron chi connectivity index (χ0n) is 17.7. The average molecular weight is 401 g/mol. The van der Waals surface area contributed by atoms with Crippen LogP contribution in [-0.2, 0) is 25.4 Å². The van der Waals surface area contributed by atoms with Crippen molar-refractivity contribution in [3.05, 3.63) is 35.9 Å². The molecule has 7 heteroatoms. The number of hydrogen-bond donors (Lipinski definition) is 0. The Morgan fingerprint density at radius 3 is 2.62 bits per heavy atom. The third-order valence-corrected chi connectivity index (χ3v) is 7.45. The molecule has 1 aromatic carbocycles. The highest BCUT2D eigenvalue weighted by atomic mass is 16.7. The molecule has 4 rings (SSSR count). The molecule has 3 fully saturated rings. The monoisotopic (exact) mass is 401 g/mol. The topological polar surface area (TPSA) is 61.8 Å². The highest BCUT2D eigenvalue weighted by molar-refractivity contribution is 6.71. The molecule has 0 bridgehead atoms. The van der Waals surface area contributed by atoms with Crippen LogP contribution in [0.3, 0.4) is 0 Å². The van der Waals surface area contributed by atoms with Crippen molar-refractivity contribution in [2.24, 2.45) is 5.92 Å². The first-order chi connectivity index (χ1) is 13.9. The fraction of sp³-hybridized carbons (Fsp3) is 0.636. The van der Waals surface area contributed by atoms with Crippen molar-refractivity contribution in [2.75, 3.05) is 6.54 Å². The summed E-state index contributed by atoms with van der Waals surface area (Å²) in [5, 5.41) is 0. The third-order valence-electron chi connectivity index (χ3n) is 7.45. The lowest BCUT2D eigenvalue weighted by Crippen LogP contribution is -2.85. The van der Waals surface area contributed by atoms with Gasteiger partial charge in [0.25, 0.3) is 0 Å². The van der Waals surface area contributed by atoms with Crippen LogP contribution in [0.5, 0.6) is 0 Å². The number of amides is 1. The number of carbonyl (C=O) groups excluding carboxylic acids is 2. The van der Waals surface area contributed by atoms with Gasteiger partial charge in [-0.1, -0.05) is 63.9 Å². The summed E-state index contributed by atoms with van der Waals surface area (Å²) in [6, 6.07) is 9.98. The maximum atomic E-state index is 12.9. The minimum Gasteiger partial charge on any atom is -0.599 e. The normalized spacial score (nSPS) is 35.4. The SMILES string of the molecule is CC[C@H](C)C[C@H](C)[B-]12OC(=O)C[N+]1([C@H]1CCC[C@@H]1OCc1ccccc1)C(=O)O2. The Balaban J connectivity index is 1.58. The van der Waals surface area contributed by atoms with Crippen LogP contribution < -0.4 is 0 Å². The quantitative estimate of drug-likeness (QED) is 0.604. The van der Waals surface area contributed by atoms with Crippen LogP contribution in [0.15, 0.2) is 30.3 Å². The number of rotatable bonds is 8. The number of carbonyl (C=O) groups is 2. The summed E-state index contributed by atoms with van der Waals surface area (Å²) < 4.78 is 17.9. The molecular weight excluding hydrogens is 369 g/mol. The second-order valence-corrected chi connectivity index (χ2v) is 9.25. The molecule has 2 unspecified atom stereocenters. The van der Waals surface area contributed by atoms with Crippen LogP contribution in [0.1, 0.15) is 58.4 Å². The summed E-state index contributed by atoms with van der Waals surface area (Å²) in [7, 11) is 0. The number of hydrogen-bond acceptors (Lipinski definition) is 5. The van der Waals surface area contributed by atoms with Gasteiger partial charge in [0, 0.05) is 0 Å². The van der Waals surface area contributed by atoms with Gasteiger partial charge in [0.15, 0.2) is 0 Å². The van der Waals surface area contributed by atoms with Crippen LogP contribution in [0.25, 0.3) is 0 Å². The Morgan fingerprint density at radius 1 is 1.17 bits per heavy atom. The van der Waals surface area contributed by atoms with Gasteiger partial charge in [0.05, 0.1) is 12.6 Å². The molecule has 1 saturated carbocycles. The van der Waals surface area contributed by atoms with Crippen molar-refractivity contribution in [3.8, 4) is 0 Å². The van der Waals surface area contributed by atoms with Gasteiger partial charge < -0.3 is 18.4 Å². The number of benzene rings is 1. The van der Waals surface area contributed by atoms with Gasteiger partial charge in [-0.25, -0.2) is 0 Å². The van der Waals surface area contributed by atoms with Crippen LogP contribution in [-0.4, -0.2) is 41.8 Å². The highest BCUT2D eigenvalue weighted by Gasteiger charge is 2.79. The molecular formula is C22H32BNO5. The molecule has 6 atom stereocenters. The predicted octanol–water partition coefficient (Wildman–Crippen LogP) is 4.41. The number of nitrogens with zero attached hydrogens (tertiary/aromatic N) is 1. The molecule has 1 aliphatic carbocycles. The lowest BCUT2D eigenvalue weighted by Gasteiger charge is -2.62. The first-order valence-corrected chi connectivity index (χ1v) is 11.1. The summed E-state index contributed by atoms with van der Waals surface area (Å²) in [5.74, 6) is 0.167. The van der Waals surface area contributed by atoms with E-state index in [1.54, 1.807) is 0 Å². The van der Waals surface area contributed by atoms with Crippen LogP contribution in [0.4, 0.5) is 4.79 Å². The largest absolute Gasteiger partial charge is 0.600 e. The van der Waals surface area contributed by atoms with E-state index in [0.29, 0.717) is 12.5 Å². The second-order valence-electron chi connectivity index (χ2n) is 9.25. The van der Waals surface area contributed by atoms with Gasteiger partial charge >= 0.3 is 18.7 Å². The Bertz CT molecular complexity index is 774. The van der Waals surface area contributed by atoms with E-state index in [0.717, 1.165) is 37.7 Å². The number of fused-ring (bicyclic) bond motifs is 1. The molecule has 0 N–H and O–H groups in total. The molecule has 29 heavy (non-hydrogen) atoms. The molecule has 2 heterocycles. The minimum absolute atomic E-state index is 0.00414. The molecule has 1 aromatic rings. The van der Waals surface area contributed by atoms with Gasteiger partial charge in [-0.15, -0.1) is 0 Å². The smallest absolute Gasteiger partial charge is 0.599 e. The molecule has 0 aromatic heterocycles. The summed E-state index contributed by atoms with van der Waals surface area (Å²) in [5.41, 5.74) is 1.11. The lowest BCUT2D eigenvalue weighted by molar-refractivity contribution is -0.819. The van der Waals surface area contributed by atoms with Gasteiger partial charge in [-0.3, -0.25) is 4.79 Å². The maximum Gasteiger partial charge on any atom is 0.600 e. The summed E-state index contributed by atoms with van der Waals surface area (Å²) in [6.07, 6.45) is 4.26. The minimum atomic E-state index is -2.01. The molecule has 2 aliphatic heterocycles. The van der Waals surface area contributed by atoms with E-state index >= 15 is 0 Å². The lowest BCUT2D eigenvalue weighted by atomic mass is 9.50. The van der Waals surface area contributed by atoms with Crippen LogP contribution in [0.2, 0.25) is 5.82 Å². The highest BCUT2D eigenvalue weighted by Crippen LogP contribution is 2.54. The van der Waals surface area contributed by atoms with Crippen molar-refractivity contribution < 1.29 is 28.0 Å². The standard InChI is InChI=1S/C22H32BNO5/c1-4-16(2)13-17(3)23-24(22(26)29-23,14-21(25)28-23)19-11-8-12-20(19)27-15-18-9-6-5-7-10-18/h5-7,9-10,16-17,19-20H,4,8,11-15H2,1-3H3/t16-,17-,19-,20-,23?,24?/m0/s1. The van der Waals surface area contributed by atoms with E-state index in [1.807, 2.05) is 30.3 Å². The first-order valence-electron chi connectivity index (χ1n) is 11.1. The summed E-state index contributed by atoms with van der Waals surface area (Å²) in [4.78, 5) is 25.4. The van der Waals surface area contributed by atoms with Gasteiger partial charge in [-0.2, -0.15) is 4.79 Å². The van der Waals surface area contributed by atoms with Gasteiger partial charge in [0.2, 0.25) is 0 Å². The summed E-state index contributed by atoms with van der Waals surface area (Å²) in [6.45, 7) is 5.00.